The summed E-state index contributed by atoms with van der Waals surface area (Å²) in [6.45, 7) is 1.50. The maximum absolute atomic E-state index is 10.5. The monoisotopic (exact) mass is 314 g/mol. The van der Waals surface area contributed by atoms with Gasteiger partial charge >= 0.3 is 10.7 Å². The van der Waals surface area contributed by atoms with Gasteiger partial charge < -0.3 is 0 Å². The molecule has 13 heavy (non-hydrogen) atoms. The molecule has 0 atom stereocenters. The molecule has 1 heterocycles. The van der Waals surface area contributed by atoms with E-state index in [0.29, 0.717) is 4.88 Å². The number of halogens is 1. The molecule has 0 aliphatic rings. The molecule has 0 fully saturated rings. The summed E-state index contributed by atoms with van der Waals surface area (Å²) in [5.74, 6) is 0. The van der Waals surface area contributed by atoms with Gasteiger partial charge in [-0.05, 0) is 29.5 Å². The summed E-state index contributed by atoms with van der Waals surface area (Å²) in [6.07, 6.45) is 0. The molecule has 6 nitrogen and oxygen atoms in total. The standard InChI is InChI=1S/C5H3IN2O4S/c1-2-4(7(9)10)3(6)5(13-2)8(11)12/h1H3. The van der Waals surface area contributed by atoms with Crippen molar-refractivity contribution in [2.24, 2.45) is 0 Å². The topological polar surface area (TPSA) is 86.3 Å². The van der Waals surface area contributed by atoms with Crippen molar-refractivity contribution in [3.63, 3.8) is 0 Å². The Balaban J connectivity index is 3.39. The van der Waals surface area contributed by atoms with Gasteiger partial charge in [-0.25, -0.2) is 0 Å². The molecule has 0 unspecified atom stereocenters. The first-order valence-electron chi connectivity index (χ1n) is 3.02. The fraction of sp³-hybridized carbons (Fsp3) is 0.200. The second-order valence-corrected chi connectivity index (χ2v) is 4.42. The van der Waals surface area contributed by atoms with E-state index in [9.17, 15) is 20.2 Å². The van der Waals surface area contributed by atoms with Crippen LogP contribution in [-0.2, 0) is 0 Å². The van der Waals surface area contributed by atoms with Gasteiger partial charge in [0.2, 0.25) is 0 Å². The Morgan fingerprint density at radius 2 is 1.85 bits per heavy atom. The Bertz CT molecular complexity index is 388. The first-order chi connectivity index (χ1) is 5.95. The average Bonchev–Trinajstić information content (AvgIpc) is 2.26. The first-order valence-corrected chi connectivity index (χ1v) is 4.92. The number of rotatable bonds is 2. The quantitative estimate of drug-likeness (QED) is 0.477. The third-order valence-corrected chi connectivity index (χ3v) is 3.76. The molecule has 0 saturated heterocycles. The minimum atomic E-state index is -0.605. The molecule has 1 aromatic rings. The van der Waals surface area contributed by atoms with Gasteiger partial charge in [0.25, 0.3) is 0 Å². The molecule has 0 amide bonds. The molecular formula is C5H3IN2O4S. The van der Waals surface area contributed by atoms with Crippen molar-refractivity contribution in [3.05, 3.63) is 28.7 Å². The van der Waals surface area contributed by atoms with E-state index in [0.717, 1.165) is 11.3 Å². The summed E-state index contributed by atoms with van der Waals surface area (Å²) >= 11 is 2.45. The largest absolute Gasteiger partial charge is 0.344 e. The van der Waals surface area contributed by atoms with Crippen LogP contribution in [-0.4, -0.2) is 9.85 Å². The molecule has 0 aliphatic carbocycles. The number of hydrogen-bond donors (Lipinski definition) is 0. The van der Waals surface area contributed by atoms with Crippen LogP contribution in [0.3, 0.4) is 0 Å². The summed E-state index contributed by atoms with van der Waals surface area (Å²) in [7, 11) is 0. The van der Waals surface area contributed by atoms with Crippen LogP contribution in [0.1, 0.15) is 4.88 Å². The lowest BCUT2D eigenvalue weighted by Gasteiger charge is -1.87. The van der Waals surface area contributed by atoms with Crippen molar-refractivity contribution in [2.75, 3.05) is 0 Å². The van der Waals surface area contributed by atoms with Gasteiger partial charge in [-0.2, -0.15) is 0 Å². The van der Waals surface area contributed by atoms with Gasteiger partial charge in [0, 0.05) is 0 Å². The van der Waals surface area contributed by atoms with Crippen LogP contribution in [0.4, 0.5) is 10.7 Å². The molecule has 0 radical (unpaired) electrons. The van der Waals surface area contributed by atoms with Gasteiger partial charge in [0.05, 0.1) is 14.7 Å². The van der Waals surface area contributed by atoms with E-state index in [4.69, 9.17) is 0 Å². The van der Waals surface area contributed by atoms with E-state index in [1.54, 1.807) is 22.6 Å². The summed E-state index contributed by atoms with van der Waals surface area (Å²) in [5, 5.41) is 20.7. The van der Waals surface area contributed by atoms with Crippen molar-refractivity contribution in [2.45, 2.75) is 6.92 Å². The lowest BCUT2D eigenvalue weighted by Crippen LogP contribution is -1.91. The molecule has 1 aromatic heterocycles. The third kappa shape index (κ3) is 1.77. The minimum Gasteiger partial charge on any atom is -0.258 e. The third-order valence-electron chi connectivity index (χ3n) is 1.33. The van der Waals surface area contributed by atoms with Crippen molar-refractivity contribution in [3.8, 4) is 0 Å². The lowest BCUT2D eigenvalue weighted by atomic mass is 10.4. The molecular weight excluding hydrogens is 311 g/mol. The van der Waals surface area contributed by atoms with E-state index < -0.39 is 9.85 Å². The average molecular weight is 314 g/mol. The Morgan fingerprint density at radius 1 is 1.31 bits per heavy atom. The highest BCUT2D eigenvalue weighted by Crippen LogP contribution is 2.40. The number of nitro groups is 2. The van der Waals surface area contributed by atoms with Crippen LogP contribution in [0.2, 0.25) is 0 Å². The molecule has 1 rings (SSSR count). The summed E-state index contributed by atoms with van der Waals surface area (Å²) in [6, 6.07) is 0. The number of aryl methyl sites for hydroxylation is 1. The predicted octanol–water partition coefficient (Wildman–Crippen LogP) is 2.48. The zero-order valence-corrected chi connectivity index (χ0v) is 9.29. The highest BCUT2D eigenvalue weighted by molar-refractivity contribution is 14.1. The van der Waals surface area contributed by atoms with Gasteiger partial charge in [-0.1, -0.05) is 11.3 Å². The van der Waals surface area contributed by atoms with Crippen molar-refractivity contribution < 1.29 is 9.85 Å². The highest BCUT2D eigenvalue weighted by atomic mass is 127. The van der Waals surface area contributed by atoms with Crippen molar-refractivity contribution in [1.82, 2.24) is 0 Å². The Labute approximate surface area is 90.0 Å². The lowest BCUT2D eigenvalue weighted by molar-refractivity contribution is -0.392. The van der Waals surface area contributed by atoms with E-state index >= 15 is 0 Å². The molecule has 8 heteroatoms. The second kappa shape index (κ2) is 3.54. The van der Waals surface area contributed by atoms with Crippen molar-refractivity contribution in [1.29, 1.82) is 0 Å². The van der Waals surface area contributed by atoms with Crippen LogP contribution < -0.4 is 0 Å². The van der Waals surface area contributed by atoms with Gasteiger partial charge in [-0.15, -0.1) is 0 Å². The summed E-state index contributed by atoms with van der Waals surface area (Å²) in [5.41, 5.74) is -0.155. The molecule has 0 saturated carbocycles. The predicted molar refractivity (Wildman–Crippen MR) is 55.1 cm³/mol. The Morgan fingerprint density at radius 3 is 2.08 bits per heavy atom. The van der Waals surface area contributed by atoms with Crippen LogP contribution in [0.15, 0.2) is 0 Å². The van der Waals surface area contributed by atoms with E-state index in [2.05, 4.69) is 0 Å². The molecule has 0 spiro atoms. The Hall–Kier alpha value is -0.770. The van der Waals surface area contributed by atoms with E-state index in [1.165, 1.54) is 6.92 Å². The molecule has 0 aromatic carbocycles. The maximum Gasteiger partial charge on any atom is 0.344 e. The highest BCUT2D eigenvalue weighted by Gasteiger charge is 2.29. The summed E-state index contributed by atoms with van der Waals surface area (Å²) in [4.78, 5) is 20.0. The number of hydrogen-bond acceptors (Lipinski definition) is 5. The minimum absolute atomic E-state index is 0.107. The summed E-state index contributed by atoms with van der Waals surface area (Å²) < 4.78 is 0.107. The van der Waals surface area contributed by atoms with Crippen LogP contribution in [0, 0.1) is 30.7 Å². The molecule has 70 valence electrons. The molecule has 0 N–H and O–H groups in total. The first kappa shape index (κ1) is 10.3. The molecule has 0 aliphatic heterocycles. The van der Waals surface area contributed by atoms with Gasteiger partial charge in [-0.3, -0.25) is 20.2 Å². The number of thiophene rings is 1. The normalized spacial score (nSPS) is 10.0. The van der Waals surface area contributed by atoms with Gasteiger partial charge in [0.1, 0.15) is 0 Å². The van der Waals surface area contributed by atoms with Crippen molar-refractivity contribution >= 4 is 44.6 Å². The second-order valence-electron chi connectivity index (χ2n) is 2.14. The SMILES string of the molecule is Cc1sc([N+](=O)[O-])c(I)c1[N+](=O)[O-]. The van der Waals surface area contributed by atoms with Crippen LogP contribution in [0.5, 0.6) is 0 Å². The van der Waals surface area contributed by atoms with Crippen LogP contribution >= 0.6 is 33.9 Å². The smallest absolute Gasteiger partial charge is 0.258 e. The van der Waals surface area contributed by atoms with E-state index in [-0.39, 0.29) is 14.3 Å². The van der Waals surface area contributed by atoms with Gasteiger partial charge in [0.15, 0.2) is 3.57 Å². The van der Waals surface area contributed by atoms with E-state index in [1.807, 2.05) is 0 Å². The molecule has 0 bridgehead atoms. The maximum atomic E-state index is 10.5. The zero-order chi connectivity index (χ0) is 10.2. The Kier molecular flexibility index (Phi) is 2.81. The fourth-order valence-electron chi connectivity index (χ4n) is 0.820. The number of nitrogens with zero attached hydrogens (tertiary/aromatic N) is 2. The zero-order valence-electron chi connectivity index (χ0n) is 6.31. The fourth-order valence-corrected chi connectivity index (χ4v) is 2.96. The van der Waals surface area contributed by atoms with Crippen LogP contribution in [0.25, 0.3) is 0 Å².